The predicted molar refractivity (Wildman–Crippen MR) is 119 cm³/mol. The van der Waals surface area contributed by atoms with Crippen LogP contribution in [-0.2, 0) is 19.4 Å². The van der Waals surface area contributed by atoms with Crippen LogP contribution >= 0.6 is 11.3 Å². The summed E-state index contributed by atoms with van der Waals surface area (Å²) >= 11 is 1.65. The van der Waals surface area contributed by atoms with E-state index in [1.54, 1.807) is 11.3 Å². The van der Waals surface area contributed by atoms with Gasteiger partial charge >= 0.3 is 0 Å². The van der Waals surface area contributed by atoms with E-state index in [4.69, 9.17) is 4.98 Å². The van der Waals surface area contributed by atoms with Crippen LogP contribution in [0.2, 0.25) is 0 Å². The van der Waals surface area contributed by atoms with Crippen molar-refractivity contribution in [2.45, 2.75) is 32.7 Å². The number of thiazole rings is 1. The molecule has 1 aliphatic heterocycles. The monoisotopic (exact) mass is 390 g/mol. The van der Waals surface area contributed by atoms with Gasteiger partial charge in [-0.2, -0.15) is 0 Å². The van der Waals surface area contributed by atoms with Gasteiger partial charge in [0.1, 0.15) is 16.4 Å². The van der Waals surface area contributed by atoms with Gasteiger partial charge in [0.25, 0.3) is 0 Å². The van der Waals surface area contributed by atoms with Crippen LogP contribution in [0.5, 0.6) is 0 Å². The standard InChI is InChI=1S/C23H26N4S/c1-16(2)10-23(11-18-6-4-5-7-19(18)12-23)17(3)26-14-22-27-21(15-28-22)20-13-24-8-9-25-20/h4-7,13,15,26H,1,3,8-12,14H2,2H3. The largest absolute Gasteiger partial charge is 0.382 e. The van der Waals surface area contributed by atoms with E-state index in [2.05, 4.69) is 65.0 Å². The molecule has 0 unspecified atom stereocenters. The van der Waals surface area contributed by atoms with Crippen LogP contribution < -0.4 is 5.32 Å². The molecule has 0 saturated heterocycles. The minimum absolute atomic E-state index is 0.00425. The lowest BCUT2D eigenvalue weighted by atomic mass is 9.76. The van der Waals surface area contributed by atoms with Gasteiger partial charge < -0.3 is 5.32 Å². The van der Waals surface area contributed by atoms with Crippen LogP contribution in [0.15, 0.2) is 64.1 Å². The third-order valence-electron chi connectivity index (χ3n) is 5.45. The van der Waals surface area contributed by atoms with E-state index in [1.165, 1.54) is 16.7 Å². The molecule has 4 rings (SSSR count). The van der Waals surface area contributed by atoms with E-state index in [9.17, 15) is 0 Å². The first-order chi connectivity index (χ1) is 13.6. The minimum Gasteiger partial charge on any atom is -0.382 e. The fourth-order valence-electron chi connectivity index (χ4n) is 4.16. The SMILES string of the molecule is C=C(C)CC1(C(=C)NCc2nc(C3=NCCN=C3)cs2)Cc2ccccc2C1. The summed E-state index contributed by atoms with van der Waals surface area (Å²) < 4.78 is 0. The van der Waals surface area contributed by atoms with Crippen molar-refractivity contribution in [2.24, 2.45) is 15.4 Å². The lowest BCUT2D eigenvalue weighted by Gasteiger charge is -2.32. The lowest BCUT2D eigenvalue weighted by molar-refractivity contribution is 0.348. The van der Waals surface area contributed by atoms with Crippen molar-refractivity contribution in [2.75, 3.05) is 13.1 Å². The Morgan fingerprint density at radius 2 is 1.93 bits per heavy atom. The highest BCUT2D eigenvalue weighted by atomic mass is 32.1. The van der Waals surface area contributed by atoms with Crippen LogP contribution in [0.3, 0.4) is 0 Å². The number of nitrogens with zero attached hydrogens (tertiary/aromatic N) is 3. The van der Waals surface area contributed by atoms with Crippen molar-refractivity contribution >= 4 is 23.3 Å². The summed E-state index contributed by atoms with van der Waals surface area (Å²) in [6.45, 7) is 12.9. The van der Waals surface area contributed by atoms with Gasteiger partial charge in [-0.25, -0.2) is 4.98 Å². The van der Waals surface area contributed by atoms with Crippen LogP contribution in [-0.4, -0.2) is 30.0 Å². The van der Waals surface area contributed by atoms with Gasteiger partial charge in [0, 0.05) is 22.7 Å². The van der Waals surface area contributed by atoms with Gasteiger partial charge in [0.15, 0.2) is 0 Å². The summed E-state index contributed by atoms with van der Waals surface area (Å²) in [5, 5.41) is 6.68. The second kappa shape index (κ2) is 7.84. The van der Waals surface area contributed by atoms with Crippen molar-refractivity contribution in [1.29, 1.82) is 0 Å². The Morgan fingerprint density at radius 3 is 2.57 bits per heavy atom. The maximum absolute atomic E-state index is 4.73. The van der Waals surface area contributed by atoms with Crippen molar-refractivity contribution in [1.82, 2.24) is 10.3 Å². The van der Waals surface area contributed by atoms with E-state index in [1.807, 2.05) is 6.21 Å². The summed E-state index contributed by atoms with van der Waals surface area (Å²) in [7, 11) is 0. The molecule has 0 atom stereocenters. The summed E-state index contributed by atoms with van der Waals surface area (Å²) in [4.78, 5) is 13.5. The average molecular weight is 391 g/mol. The molecule has 0 radical (unpaired) electrons. The highest BCUT2D eigenvalue weighted by molar-refractivity contribution is 7.09. The molecule has 1 N–H and O–H groups in total. The Hall–Kier alpha value is -2.53. The molecular formula is C23H26N4S. The number of nitrogens with one attached hydrogen (secondary N) is 1. The molecule has 0 saturated carbocycles. The number of allylic oxidation sites excluding steroid dienone is 2. The molecule has 2 aliphatic rings. The summed E-state index contributed by atoms with van der Waals surface area (Å²) in [6.07, 6.45) is 4.80. The highest BCUT2D eigenvalue weighted by Gasteiger charge is 2.39. The topological polar surface area (TPSA) is 49.6 Å². The molecule has 28 heavy (non-hydrogen) atoms. The molecule has 0 spiro atoms. The molecule has 0 fully saturated rings. The fraction of sp³-hybridized carbons (Fsp3) is 0.348. The molecule has 2 aromatic rings. The number of rotatable bonds is 7. The van der Waals surface area contributed by atoms with E-state index >= 15 is 0 Å². The molecular weight excluding hydrogens is 364 g/mol. The number of fused-ring (bicyclic) bond motifs is 1. The van der Waals surface area contributed by atoms with E-state index < -0.39 is 0 Å². The first-order valence-corrected chi connectivity index (χ1v) is 10.6. The first kappa shape index (κ1) is 18.8. The second-order valence-corrected chi connectivity index (χ2v) is 8.74. The predicted octanol–water partition coefficient (Wildman–Crippen LogP) is 4.37. The number of benzene rings is 1. The molecule has 4 nitrogen and oxygen atoms in total. The van der Waals surface area contributed by atoms with E-state index in [0.717, 1.165) is 54.5 Å². The van der Waals surface area contributed by atoms with Crippen molar-refractivity contribution in [3.8, 4) is 0 Å². The fourth-order valence-corrected chi connectivity index (χ4v) is 4.89. The zero-order valence-electron chi connectivity index (χ0n) is 16.4. The molecule has 1 aliphatic carbocycles. The van der Waals surface area contributed by atoms with Gasteiger partial charge in [-0.15, -0.1) is 17.9 Å². The van der Waals surface area contributed by atoms with Crippen molar-refractivity contribution in [3.05, 3.63) is 75.9 Å². The normalized spacial score (nSPS) is 17.1. The van der Waals surface area contributed by atoms with E-state index in [-0.39, 0.29) is 5.41 Å². The molecule has 1 aromatic carbocycles. The summed E-state index contributed by atoms with van der Waals surface area (Å²) in [5.74, 6) is 0. The van der Waals surface area contributed by atoms with Crippen LogP contribution in [0.1, 0.15) is 35.2 Å². The molecule has 1 aromatic heterocycles. The van der Waals surface area contributed by atoms with Gasteiger partial charge in [0.05, 0.1) is 19.6 Å². The maximum atomic E-state index is 4.73. The lowest BCUT2D eigenvalue weighted by Crippen LogP contribution is -2.32. The van der Waals surface area contributed by atoms with Crippen LogP contribution in [0, 0.1) is 5.41 Å². The molecule has 2 heterocycles. The van der Waals surface area contributed by atoms with Gasteiger partial charge in [-0.05, 0) is 37.3 Å². The molecule has 144 valence electrons. The van der Waals surface area contributed by atoms with Crippen molar-refractivity contribution < 1.29 is 0 Å². The van der Waals surface area contributed by atoms with Crippen LogP contribution in [0.25, 0.3) is 0 Å². The maximum Gasteiger partial charge on any atom is 0.112 e. The smallest absolute Gasteiger partial charge is 0.112 e. The quantitative estimate of drug-likeness (QED) is 0.714. The first-order valence-electron chi connectivity index (χ1n) is 9.69. The van der Waals surface area contributed by atoms with Crippen LogP contribution in [0.4, 0.5) is 0 Å². The van der Waals surface area contributed by atoms with E-state index in [0.29, 0.717) is 6.54 Å². The summed E-state index contributed by atoms with van der Waals surface area (Å²) in [5.41, 5.74) is 6.94. The molecule has 0 bridgehead atoms. The Labute approximate surface area is 170 Å². The average Bonchev–Trinajstić information content (AvgIpc) is 3.31. The van der Waals surface area contributed by atoms with Gasteiger partial charge in [-0.1, -0.05) is 36.4 Å². The number of aliphatic imine (C=N–C) groups is 2. The van der Waals surface area contributed by atoms with Crippen molar-refractivity contribution in [3.63, 3.8) is 0 Å². The number of hydrogen-bond acceptors (Lipinski definition) is 5. The van der Waals surface area contributed by atoms with Gasteiger partial charge in [0.2, 0.25) is 0 Å². The molecule has 0 amide bonds. The number of aromatic nitrogens is 1. The number of hydrogen-bond donors (Lipinski definition) is 1. The zero-order valence-corrected chi connectivity index (χ0v) is 17.2. The third kappa shape index (κ3) is 3.85. The Balaban J connectivity index is 1.46. The Morgan fingerprint density at radius 1 is 1.18 bits per heavy atom. The molecule has 5 heteroatoms. The van der Waals surface area contributed by atoms with Gasteiger partial charge in [-0.3, -0.25) is 9.98 Å². The Kier molecular flexibility index (Phi) is 5.27. The highest BCUT2D eigenvalue weighted by Crippen LogP contribution is 2.45. The Bertz CT molecular complexity index is 941. The second-order valence-electron chi connectivity index (χ2n) is 7.80. The minimum atomic E-state index is -0.00425. The zero-order chi connectivity index (χ0) is 19.6. The summed E-state index contributed by atoms with van der Waals surface area (Å²) in [6, 6.07) is 8.73. The third-order valence-corrected chi connectivity index (χ3v) is 6.30.